The number of hydrogen-bond acceptors (Lipinski definition) is 4. The number of likely N-dealkylation sites (tertiary alicyclic amines) is 1. The fourth-order valence-corrected chi connectivity index (χ4v) is 5.24. The van der Waals surface area contributed by atoms with Crippen molar-refractivity contribution in [2.24, 2.45) is 0 Å². The fraction of sp³-hybridized carbons (Fsp3) is 0.296. The van der Waals surface area contributed by atoms with Gasteiger partial charge in [0.25, 0.3) is 15.9 Å². The van der Waals surface area contributed by atoms with Crippen LogP contribution in [0.1, 0.15) is 46.3 Å². The van der Waals surface area contributed by atoms with Crippen LogP contribution in [0.25, 0.3) is 0 Å². The highest BCUT2D eigenvalue weighted by Gasteiger charge is 2.16. The van der Waals surface area contributed by atoms with Gasteiger partial charge in [0.15, 0.2) is 0 Å². The molecule has 4 rings (SSSR count). The van der Waals surface area contributed by atoms with E-state index in [1.165, 1.54) is 37.0 Å². The second kappa shape index (κ2) is 10.8. The minimum absolute atomic E-state index is 0.174. The fourth-order valence-electron chi connectivity index (χ4n) is 4.10. The van der Waals surface area contributed by atoms with E-state index in [0.29, 0.717) is 17.8 Å². The molecule has 0 aromatic heterocycles. The van der Waals surface area contributed by atoms with E-state index >= 15 is 0 Å². The van der Waals surface area contributed by atoms with Crippen LogP contribution in [0.2, 0.25) is 0 Å². The van der Waals surface area contributed by atoms with Crippen molar-refractivity contribution in [3.8, 4) is 0 Å². The molecule has 178 valence electrons. The molecular weight excluding hydrogens is 446 g/mol. The Hall–Kier alpha value is -3.16. The van der Waals surface area contributed by atoms with E-state index in [0.717, 1.165) is 30.8 Å². The Balaban J connectivity index is 1.37. The van der Waals surface area contributed by atoms with E-state index in [4.69, 9.17) is 0 Å². The monoisotopic (exact) mass is 477 g/mol. The summed E-state index contributed by atoms with van der Waals surface area (Å²) in [5.74, 6) is -0.252. The normalized spacial score (nSPS) is 14.5. The molecule has 0 unspecified atom stereocenters. The second-order valence-electron chi connectivity index (χ2n) is 8.78. The Kier molecular flexibility index (Phi) is 7.65. The predicted octanol–water partition coefficient (Wildman–Crippen LogP) is 4.71. The van der Waals surface area contributed by atoms with Crippen LogP contribution < -0.4 is 10.0 Å². The van der Waals surface area contributed by atoms with Gasteiger partial charge in [-0.3, -0.25) is 14.4 Å². The highest BCUT2D eigenvalue weighted by atomic mass is 32.2. The lowest BCUT2D eigenvalue weighted by molar-refractivity contribution is 0.0951. The van der Waals surface area contributed by atoms with Gasteiger partial charge < -0.3 is 5.32 Å². The van der Waals surface area contributed by atoms with Gasteiger partial charge in [0, 0.05) is 18.7 Å². The number of aryl methyl sites for hydroxylation is 1. The average Bonchev–Trinajstić information content (AvgIpc) is 2.86. The zero-order valence-electron chi connectivity index (χ0n) is 19.5. The van der Waals surface area contributed by atoms with Crippen LogP contribution in [-0.2, 0) is 23.1 Å². The summed E-state index contributed by atoms with van der Waals surface area (Å²) in [5, 5.41) is 2.93. The highest BCUT2D eigenvalue weighted by molar-refractivity contribution is 7.92. The van der Waals surface area contributed by atoms with Crippen molar-refractivity contribution in [1.29, 1.82) is 0 Å². The number of nitrogens with one attached hydrogen (secondary N) is 2. The lowest BCUT2D eigenvalue weighted by atomic mass is 10.1. The number of carbonyl (C=O) groups is 1. The lowest BCUT2D eigenvalue weighted by Gasteiger charge is -2.26. The van der Waals surface area contributed by atoms with Gasteiger partial charge in [0.1, 0.15) is 0 Å². The van der Waals surface area contributed by atoms with Crippen LogP contribution in [-0.4, -0.2) is 32.3 Å². The van der Waals surface area contributed by atoms with Gasteiger partial charge in [0.05, 0.1) is 10.6 Å². The summed E-state index contributed by atoms with van der Waals surface area (Å²) in [4.78, 5) is 15.4. The van der Waals surface area contributed by atoms with Gasteiger partial charge in [-0.25, -0.2) is 8.42 Å². The van der Waals surface area contributed by atoms with Gasteiger partial charge in [-0.15, -0.1) is 0 Å². The number of sulfonamides is 1. The minimum atomic E-state index is -3.73. The molecule has 1 heterocycles. The lowest BCUT2D eigenvalue weighted by Crippen LogP contribution is -2.29. The summed E-state index contributed by atoms with van der Waals surface area (Å²) in [6, 6.07) is 21.5. The van der Waals surface area contributed by atoms with Crippen LogP contribution in [0.5, 0.6) is 0 Å². The Morgan fingerprint density at radius 2 is 1.56 bits per heavy atom. The molecule has 0 spiro atoms. The largest absolute Gasteiger partial charge is 0.348 e. The predicted molar refractivity (Wildman–Crippen MR) is 135 cm³/mol. The van der Waals surface area contributed by atoms with Gasteiger partial charge in [-0.2, -0.15) is 0 Å². The number of piperidine rings is 1. The van der Waals surface area contributed by atoms with Crippen molar-refractivity contribution in [3.63, 3.8) is 0 Å². The van der Waals surface area contributed by atoms with Crippen LogP contribution in [0, 0.1) is 6.92 Å². The Morgan fingerprint density at radius 1 is 0.882 bits per heavy atom. The van der Waals surface area contributed by atoms with Crippen molar-refractivity contribution in [1.82, 2.24) is 10.2 Å². The van der Waals surface area contributed by atoms with E-state index < -0.39 is 10.0 Å². The van der Waals surface area contributed by atoms with Gasteiger partial charge >= 0.3 is 0 Å². The second-order valence-corrected chi connectivity index (χ2v) is 10.5. The molecule has 1 amide bonds. The van der Waals surface area contributed by atoms with E-state index in [2.05, 4.69) is 27.1 Å². The summed E-state index contributed by atoms with van der Waals surface area (Å²) in [5.41, 5.74) is 3.83. The molecule has 0 aliphatic carbocycles. The molecule has 1 saturated heterocycles. The van der Waals surface area contributed by atoms with E-state index in [1.807, 2.05) is 12.1 Å². The molecule has 7 heteroatoms. The molecular formula is C27H31N3O3S. The summed E-state index contributed by atoms with van der Waals surface area (Å²) >= 11 is 0. The molecule has 0 bridgehead atoms. The number of amides is 1. The van der Waals surface area contributed by atoms with Gasteiger partial charge in [-0.1, -0.05) is 55.0 Å². The Labute approximate surface area is 202 Å². The standard InChI is InChI=1S/C27H31N3O3S/c1-21-10-15-24(18-26(21)29-34(32,33)25-8-4-2-5-9-25)27(31)28-19-22-11-13-23(14-12-22)20-30-16-6-3-7-17-30/h2,4-5,8-15,18,29H,3,6-7,16-17,19-20H2,1H3,(H,28,31). The van der Waals surface area contributed by atoms with Crippen molar-refractivity contribution >= 4 is 21.6 Å². The van der Waals surface area contributed by atoms with Crippen LogP contribution in [0.4, 0.5) is 5.69 Å². The topological polar surface area (TPSA) is 78.5 Å². The maximum Gasteiger partial charge on any atom is 0.261 e. The average molecular weight is 478 g/mol. The third-order valence-corrected chi connectivity index (χ3v) is 7.51. The smallest absolute Gasteiger partial charge is 0.261 e. The first-order valence-electron chi connectivity index (χ1n) is 11.7. The molecule has 3 aromatic rings. The molecule has 0 radical (unpaired) electrons. The SMILES string of the molecule is Cc1ccc(C(=O)NCc2ccc(CN3CCCCC3)cc2)cc1NS(=O)(=O)c1ccccc1. The maximum absolute atomic E-state index is 12.8. The number of hydrogen-bond donors (Lipinski definition) is 2. The van der Waals surface area contributed by atoms with Crippen molar-refractivity contribution in [3.05, 3.63) is 95.1 Å². The third-order valence-electron chi connectivity index (χ3n) is 6.13. The summed E-state index contributed by atoms with van der Waals surface area (Å²) in [6.45, 7) is 5.51. The molecule has 0 atom stereocenters. The number of anilines is 1. The molecule has 34 heavy (non-hydrogen) atoms. The number of carbonyl (C=O) groups excluding carboxylic acids is 1. The highest BCUT2D eigenvalue weighted by Crippen LogP contribution is 2.21. The molecule has 3 aromatic carbocycles. The first kappa shape index (κ1) is 24.0. The first-order chi connectivity index (χ1) is 16.4. The van der Waals surface area contributed by atoms with E-state index in [1.54, 1.807) is 43.3 Å². The van der Waals surface area contributed by atoms with Crippen molar-refractivity contribution in [2.45, 2.75) is 44.2 Å². The molecule has 1 fully saturated rings. The molecule has 0 saturated carbocycles. The van der Waals surface area contributed by atoms with Crippen molar-refractivity contribution < 1.29 is 13.2 Å². The number of nitrogens with zero attached hydrogens (tertiary/aromatic N) is 1. The van der Waals surface area contributed by atoms with Gasteiger partial charge in [0.2, 0.25) is 0 Å². The Morgan fingerprint density at radius 3 is 2.26 bits per heavy atom. The first-order valence-corrected chi connectivity index (χ1v) is 13.2. The van der Waals surface area contributed by atoms with E-state index in [9.17, 15) is 13.2 Å². The van der Waals surface area contributed by atoms with Crippen LogP contribution in [0.15, 0.2) is 77.7 Å². The molecule has 2 N–H and O–H groups in total. The van der Waals surface area contributed by atoms with Crippen LogP contribution >= 0.6 is 0 Å². The quantitative estimate of drug-likeness (QED) is 0.492. The zero-order chi connectivity index (χ0) is 24.0. The third kappa shape index (κ3) is 6.24. The molecule has 1 aliphatic heterocycles. The number of benzene rings is 3. The van der Waals surface area contributed by atoms with E-state index in [-0.39, 0.29) is 10.8 Å². The summed E-state index contributed by atoms with van der Waals surface area (Å²) in [7, 11) is -3.73. The molecule has 6 nitrogen and oxygen atoms in total. The van der Waals surface area contributed by atoms with Gasteiger partial charge in [-0.05, 0) is 73.8 Å². The van der Waals surface area contributed by atoms with Crippen molar-refractivity contribution in [2.75, 3.05) is 17.8 Å². The zero-order valence-corrected chi connectivity index (χ0v) is 20.3. The number of rotatable bonds is 8. The summed E-state index contributed by atoms with van der Waals surface area (Å²) in [6.07, 6.45) is 3.88. The Bertz CT molecular complexity index is 1220. The van der Waals surface area contributed by atoms with Crippen LogP contribution in [0.3, 0.4) is 0 Å². The maximum atomic E-state index is 12.8. The minimum Gasteiger partial charge on any atom is -0.348 e. The molecule has 1 aliphatic rings. The summed E-state index contributed by atoms with van der Waals surface area (Å²) < 4.78 is 28.0.